The second-order valence-corrected chi connectivity index (χ2v) is 14.6. The lowest BCUT2D eigenvalue weighted by Crippen LogP contribution is -2.51. The molecule has 0 aromatic rings. The van der Waals surface area contributed by atoms with Crippen LogP contribution in [0, 0.1) is 5.92 Å². The molecular formula is C19H37NO5Si. The van der Waals surface area contributed by atoms with E-state index in [4.69, 9.17) is 13.9 Å². The van der Waals surface area contributed by atoms with Crippen molar-refractivity contribution in [2.24, 2.45) is 5.92 Å². The molecule has 2 atom stereocenters. The van der Waals surface area contributed by atoms with E-state index in [2.05, 4.69) is 33.9 Å². The zero-order valence-corrected chi connectivity index (χ0v) is 19.0. The van der Waals surface area contributed by atoms with Crippen LogP contribution in [0.15, 0.2) is 0 Å². The van der Waals surface area contributed by atoms with Crippen LogP contribution in [-0.4, -0.2) is 56.7 Å². The van der Waals surface area contributed by atoms with Crippen molar-refractivity contribution in [3.63, 3.8) is 0 Å². The number of amides is 1. The van der Waals surface area contributed by atoms with Gasteiger partial charge < -0.3 is 18.8 Å². The van der Waals surface area contributed by atoms with E-state index < -0.39 is 13.9 Å². The summed E-state index contributed by atoms with van der Waals surface area (Å²) in [5, 5.41) is 0.127. The van der Waals surface area contributed by atoms with Gasteiger partial charge in [-0.1, -0.05) is 20.8 Å². The molecule has 26 heavy (non-hydrogen) atoms. The summed E-state index contributed by atoms with van der Waals surface area (Å²) < 4.78 is 17.2. The maximum atomic E-state index is 12.5. The van der Waals surface area contributed by atoms with Crippen LogP contribution in [0.1, 0.15) is 54.9 Å². The van der Waals surface area contributed by atoms with Crippen LogP contribution >= 0.6 is 0 Å². The van der Waals surface area contributed by atoms with Gasteiger partial charge in [-0.25, -0.2) is 4.79 Å². The summed E-state index contributed by atoms with van der Waals surface area (Å²) in [4.78, 5) is 25.5. The Morgan fingerprint density at radius 3 is 2.12 bits per heavy atom. The van der Waals surface area contributed by atoms with Gasteiger partial charge in [0.05, 0.1) is 6.54 Å². The molecule has 1 aliphatic rings. The predicted molar refractivity (Wildman–Crippen MR) is 105 cm³/mol. The van der Waals surface area contributed by atoms with Crippen molar-refractivity contribution in [3.8, 4) is 0 Å². The molecule has 1 aliphatic heterocycles. The van der Waals surface area contributed by atoms with Crippen LogP contribution in [0.3, 0.4) is 0 Å². The molecule has 6 nitrogen and oxygen atoms in total. The van der Waals surface area contributed by atoms with Gasteiger partial charge in [0.25, 0.3) is 0 Å². The minimum Gasteiger partial charge on any atom is -0.461 e. The van der Waals surface area contributed by atoms with Gasteiger partial charge in [0, 0.05) is 26.0 Å². The Morgan fingerprint density at radius 1 is 1.08 bits per heavy atom. The number of ether oxygens (including phenoxy) is 2. The van der Waals surface area contributed by atoms with Gasteiger partial charge in [0.15, 0.2) is 8.32 Å². The van der Waals surface area contributed by atoms with E-state index in [1.54, 1.807) is 4.90 Å². The Balaban J connectivity index is 2.80. The number of nitrogens with zero attached hydrogens (tertiary/aromatic N) is 1. The number of esters is 1. The van der Waals surface area contributed by atoms with Gasteiger partial charge in [-0.15, -0.1) is 0 Å². The van der Waals surface area contributed by atoms with Crippen molar-refractivity contribution in [1.29, 1.82) is 0 Å². The predicted octanol–water partition coefficient (Wildman–Crippen LogP) is 4.20. The number of carbonyl (C=O) groups excluding carboxylic acids is 2. The second-order valence-electron chi connectivity index (χ2n) is 9.79. The molecule has 0 N–H and O–H groups in total. The Morgan fingerprint density at radius 2 is 1.65 bits per heavy atom. The molecule has 0 radical (unpaired) electrons. The highest BCUT2D eigenvalue weighted by molar-refractivity contribution is 6.74. The van der Waals surface area contributed by atoms with E-state index in [1.165, 1.54) is 6.92 Å². The topological polar surface area (TPSA) is 65.1 Å². The molecule has 1 heterocycles. The molecule has 0 spiro atoms. The minimum atomic E-state index is -1.87. The summed E-state index contributed by atoms with van der Waals surface area (Å²) in [6, 6.07) is 0. The third-order valence-electron chi connectivity index (χ3n) is 4.97. The van der Waals surface area contributed by atoms with E-state index in [0.29, 0.717) is 26.1 Å². The fourth-order valence-corrected chi connectivity index (χ4v) is 3.70. The van der Waals surface area contributed by atoms with Crippen LogP contribution in [0.2, 0.25) is 18.1 Å². The highest BCUT2D eigenvalue weighted by Gasteiger charge is 2.39. The second kappa shape index (κ2) is 8.29. The van der Waals surface area contributed by atoms with Crippen LogP contribution in [0.25, 0.3) is 0 Å². The number of carbonyl (C=O) groups is 2. The van der Waals surface area contributed by atoms with Gasteiger partial charge in [-0.3, -0.25) is 4.79 Å². The van der Waals surface area contributed by atoms with Crippen molar-refractivity contribution >= 4 is 20.4 Å². The normalized spacial score (nSPS) is 22.1. The molecule has 152 valence electrons. The monoisotopic (exact) mass is 387 g/mol. The van der Waals surface area contributed by atoms with E-state index in [-0.39, 0.29) is 29.1 Å². The molecule has 1 fully saturated rings. The third kappa shape index (κ3) is 7.27. The fourth-order valence-electron chi connectivity index (χ4n) is 2.61. The summed E-state index contributed by atoms with van der Waals surface area (Å²) in [5.41, 5.74) is -0.557. The number of hydrogen-bond acceptors (Lipinski definition) is 5. The first kappa shape index (κ1) is 23.0. The summed E-state index contributed by atoms with van der Waals surface area (Å²) in [5.74, 6) is -0.208. The zero-order chi connectivity index (χ0) is 20.3. The van der Waals surface area contributed by atoms with E-state index in [9.17, 15) is 9.59 Å². The molecular weight excluding hydrogens is 350 g/mol. The van der Waals surface area contributed by atoms with Crippen molar-refractivity contribution in [1.82, 2.24) is 4.90 Å². The highest BCUT2D eigenvalue weighted by Crippen LogP contribution is 2.37. The Bertz CT molecular complexity index is 507. The SMILES string of the molecule is CC(=O)OC1CC(CO[Si](C)(C)C(C)(C)C)CN(C(=O)OC(C)(C)C)C1. The summed E-state index contributed by atoms with van der Waals surface area (Å²) in [6.45, 7) is 19.4. The number of rotatable bonds is 4. The highest BCUT2D eigenvalue weighted by atomic mass is 28.4. The Kier molecular flexibility index (Phi) is 7.32. The van der Waals surface area contributed by atoms with Crippen molar-refractivity contribution < 1.29 is 23.5 Å². The average molecular weight is 388 g/mol. The largest absolute Gasteiger partial charge is 0.461 e. The van der Waals surface area contributed by atoms with Gasteiger partial charge in [0.1, 0.15) is 11.7 Å². The van der Waals surface area contributed by atoms with Gasteiger partial charge in [0.2, 0.25) is 0 Å². The molecule has 0 bridgehead atoms. The number of likely N-dealkylation sites (tertiary alicyclic amines) is 1. The Hall–Kier alpha value is -1.08. The van der Waals surface area contributed by atoms with E-state index >= 15 is 0 Å². The van der Waals surface area contributed by atoms with Crippen LogP contribution in [0.4, 0.5) is 4.79 Å². The van der Waals surface area contributed by atoms with Crippen LogP contribution in [0.5, 0.6) is 0 Å². The fraction of sp³-hybridized carbons (Fsp3) is 0.895. The molecule has 0 aromatic carbocycles. The molecule has 2 unspecified atom stereocenters. The van der Waals surface area contributed by atoms with Gasteiger partial charge in [-0.05, 0) is 45.3 Å². The third-order valence-corrected chi connectivity index (χ3v) is 9.47. The molecule has 1 amide bonds. The quantitative estimate of drug-likeness (QED) is 0.534. The van der Waals surface area contributed by atoms with Crippen LogP contribution < -0.4 is 0 Å². The molecule has 0 aromatic heterocycles. The van der Waals surface area contributed by atoms with Gasteiger partial charge in [-0.2, -0.15) is 0 Å². The molecule has 0 saturated carbocycles. The summed E-state index contributed by atoms with van der Waals surface area (Å²) in [7, 11) is -1.87. The lowest BCUT2D eigenvalue weighted by atomic mass is 9.97. The minimum absolute atomic E-state index is 0.120. The average Bonchev–Trinajstić information content (AvgIpc) is 2.41. The van der Waals surface area contributed by atoms with Crippen molar-refractivity contribution in [3.05, 3.63) is 0 Å². The Labute approximate surface area is 159 Å². The maximum Gasteiger partial charge on any atom is 0.410 e. The first-order valence-corrected chi connectivity index (χ1v) is 12.3. The number of piperidine rings is 1. The van der Waals surface area contributed by atoms with Crippen LogP contribution in [-0.2, 0) is 18.7 Å². The van der Waals surface area contributed by atoms with Crippen molar-refractivity contribution in [2.75, 3.05) is 19.7 Å². The standard InChI is InChI=1S/C19H37NO5Si/c1-14(21)24-16-10-15(13-23-26(8,9)19(5,6)7)11-20(12-16)17(22)25-18(2,3)4/h15-16H,10-13H2,1-9H3. The first-order chi connectivity index (χ1) is 11.6. The molecule has 0 aliphatic carbocycles. The molecule has 1 rings (SSSR count). The summed E-state index contributed by atoms with van der Waals surface area (Å²) in [6.07, 6.45) is 0.0153. The zero-order valence-electron chi connectivity index (χ0n) is 18.0. The smallest absolute Gasteiger partial charge is 0.410 e. The van der Waals surface area contributed by atoms with E-state index in [0.717, 1.165) is 0 Å². The van der Waals surface area contributed by atoms with Crippen molar-refractivity contribution in [2.45, 2.75) is 84.7 Å². The summed E-state index contributed by atoms with van der Waals surface area (Å²) >= 11 is 0. The number of hydrogen-bond donors (Lipinski definition) is 0. The molecule has 7 heteroatoms. The van der Waals surface area contributed by atoms with E-state index in [1.807, 2.05) is 20.8 Å². The lowest BCUT2D eigenvalue weighted by molar-refractivity contribution is -0.150. The molecule has 1 saturated heterocycles. The first-order valence-electron chi connectivity index (χ1n) is 9.40. The van der Waals surface area contributed by atoms with Gasteiger partial charge >= 0.3 is 12.1 Å². The maximum absolute atomic E-state index is 12.5. The lowest BCUT2D eigenvalue weighted by Gasteiger charge is -2.41.